The third kappa shape index (κ3) is 6.08. The van der Waals surface area contributed by atoms with Crippen molar-refractivity contribution >= 4 is 40.2 Å². The first-order valence-corrected chi connectivity index (χ1v) is 12.6. The van der Waals surface area contributed by atoms with E-state index < -0.39 is 0 Å². The molecule has 30 heavy (non-hydrogen) atoms. The van der Waals surface area contributed by atoms with E-state index in [4.69, 9.17) is 4.74 Å². The Labute approximate surface area is 187 Å². The number of piperidine rings is 1. The molecule has 1 atom stereocenters. The summed E-state index contributed by atoms with van der Waals surface area (Å²) in [5.74, 6) is 0.145. The first-order chi connectivity index (χ1) is 14.5. The Morgan fingerprint density at radius 3 is 2.63 bits per heavy atom. The molecule has 0 saturated carbocycles. The number of thiophene rings is 2. The van der Waals surface area contributed by atoms with Gasteiger partial charge in [0.25, 0.3) is 0 Å². The monoisotopic (exact) mass is 448 g/mol. The van der Waals surface area contributed by atoms with Crippen molar-refractivity contribution in [2.45, 2.75) is 58.9 Å². The molecule has 1 N–H and O–H groups in total. The van der Waals surface area contributed by atoms with Crippen LogP contribution >= 0.6 is 22.7 Å². The average molecular weight is 449 g/mol. The minimum absolute atomic E-state index is 0.00478. The molecular weight excluding hydrogens is 416 g/mol. The highest BCUT2D eigenvalue weighted by Crippen LogP contribution is 2.35. The normalized spacial score (nSPS) is 15.3. The lowest BCUT2D eigenvalue weighted by molar-refractivity contribution is -0.121. The van der Waals surface area contributed by atoms with Gasteiger partial charge in [0.1, 0.15) is 4.88 Å². The number of carbonyl (C=O) groups excluding carboxylic acids is 2. The van der Waals surface area contributed by atoms with Gasteiger partial charge in [0.2, 0.25) is 5.91 Å². The summed E-state index contributed by atoms with van der Waals surface area (Å²) in [4.78, 5) is 28.6. The molecule has 1 aliphatic heterocycles. The molecule has 1 unspecified atom stereocenters. The van der Waals surface area contributed by atoms with Gasteiger partial charge in [0, 0.05) is 28.9 Å². The van der Waals surface area contributed by atoms with Crippen molar-refractivity contribution in [2.24, 2.45) is 5.92 Å². The topological polar surface area (TPSA) is 58.6 Å². The Morgan fingerprint density at radius 2 is 1.93 bits per heavy atom. The lowest BCUT2D eigenvalue weighted by atomic mass is 9.97. The van der Waals surface area contributed by atoms with Crippen LogP contribution in [-0.4, -0.2) is 31.6 Å². The van der Waals surface area contributed by atoms with Crippen LogP contribution in [0.4, 0.5) is 5.69 Å². The predicted molar refractivity (Wildman–Crippen MR) is 125 cm³/mol. The van der Waals surface area contributed by atoms with Crippen LogP contribution in [0.3, 0.4) is 0 Å². The maximum absolute atomic E-state index is 12.9. The number of hydrogen-bond acceptors (Lipinski definition) is 6. The van der Waals surface area contributed by atoms with E-state index in [0.717, 1.165) is 24.4 Å². The van der Waals surface area contributed by atoms with Gasteiger partial charge in [-0.05, 0) is 56.0 Å². The highest BCUT2D eigenvalue weighted by atomic mass is 32.1. The zero-order valence-electron chi connectivity index (χ0n) is 18.1. The Morgan fingerprint density at radius 1 is 1.17 bits per heavy atom. The summed E-state index contributed by atoms with van der Waals surface area (Å²) in [6.07, 6.45) is 4.95. The van der Waals surface area contributed by atoms with Gasteiger partial charge in [-0.1, -0.05) is 13.8 Å². The lowest BCUT2D eigenvalue weighted by Gasteiger charge is -2.31. The summed E-state index contributed by atoms with van der Waals surface area (Å²) in [5, 5.41) is 7.70. The third-order valence-corrected chi connectivity index (χ3v) is 7.07. The second-order valence-electron chi connectivity index (χ2n) is 8.17. The highest BCUT2D eigenvalue weighted by molar-refractivity contribution is 7.14. The van der Waals surface area contributed by atoms with Crippen LogP contribution in [0.15, 0.2) is 22.9 Å². The first kappa shape index (κ1) is 22.8. The third-order valence-electron chi connectivity index (χ3n) is 5.26. The van der Waals surface area contributed by atoms with Crippen LogP contribution in [0.2, 0.25) is 0 Å². The Kier molecular flexibility index (Phi) is 8.33. The van der Waals surface area contributed by atoms with Gasteiger partial charge in [-0.2, -0.15) is 0 Å². The van der Waals surface area contributed by atoms with Crippen LogP contribution in [0, 0.1) is 5.92 Å². The fraction of sp³-hybridized carbons (Fsp3) is 0.565. The molecule has 2 aromatic heterocycles. The molecule has 164 valence electrons. The van der Waals surface area contributed by atoms with Gasteiger partial charge in [-0.25, -0.2) is 4.79 Å². The second-order valence-corrected chi connectivity index (χ2v) is 10.1. The summed E-state index contributed by atoms with van der Waals surface area (Å²) >= 11 is 3.05. The van der Waals surface area contributed by atoms with E-state index in [1.807, 2.05) is 6.07 Å². The van der Waals surface area contributed by atoms with E-state index in [1.165, 1.54) is 41.9 Å². The van der Waals surface area contributed by atoms with Crippen molar-refractivity contribution in [3.05, 3.63) is 38.2 Å². The molecule has 0 spiro atoms. The van der Waals surface area contributed by atoms with Crippen molar-refractivity contribution in [1.29, 1.82) is 0 Å². The van der Waals surface area contributed by atoms with Crippen molar-refractivity contribution in [3.63, 3.8) is 0 Å². The van der Waals surface area contributed by atoms with Gasteiger partial charge >= 0.3 is 5.97 Å². The van der Waals surface area contributed by atoms with E-state index >= 15 is 0 Å². The minimum Gasteiger partial charge on any atom is -0.462 e. The average Bonchev–Trinajstić information content (AvgIpc) is 3.37. The number of amides is 1. The molecule has 1 fully saturated rings. The number of carbonyl (C=O) groups is 2. The maximum Gasteiger partial charge on any atom is 0.348 e. The summed E-state index contributed by atoms with van der Waals surface area (Å²) in [7, 11) is 0. The van der Waals surface area contributed by atoms with E-state index in [0.29, 0.717) is 17.4 Å². The molecule has 2 aromatic rings. The van der Waals surface area contributed by atoms with Gasteiger partial charge in [-0.3, -0.25) is 4.79 Å². The van der Waals surface area contributed by atoms with E-state index in [9.17, 15) is 9.59 Å². The molecule has 5 nitrogen and oxygen atoms in total. The molecule has 3 rings (SSSR count). The quantitative estimate of drug-likeness (QED) is 0.520. The smallest absolute Gasteiger partial charge is 0.348 e. The predicted octanol–water partition coefficient (Wildman–Crippen LogP) is 5.42. The number of ether oxygens (including phenoxy) is 1. The Balaban J connectivity index is 1.69. The van der Waals surface area contributed by atoms with Crippen molar-refractivity contribution in [2.75, 3.05) is 24.6 Å². The molecule has 0 aliphatic carbocycles. The highest BCUT2D eigenvalue weighted by Gasteiger charge is 2.24. The van der Waals surface area contributed by atoms with E-state index in [-0.39, 0.29) is 24.3 Å². The number of esters is 1. The van der Waals surface area contributed by atoms with Crippen molar-refractivity contribution in [3.8, 4) is 0 Å². The van der Waals surface area contributed by atoms with Gasteiger partial charge in [0.05, 0.1) is 24.8 Å². The molecule has 0 bridgehead atoms. The largest absolute Gasteiger partial charge is 0.462 e. The Bertz CT molecular complexity index is 837. The number of nitrogens with zero attached hydrogens (tertiary/aromatic N) is 1. The minimum atomic E-state index is -0.323. The standard InChI is InChI=1S/C23H32N2O3S2/c1-4-28-23(27)21-9-8-17(30-21)13-22(26)24-19(12-16(2)3)18-14-29-15-20(18)25-10-6-5-7-11-25/h8-9,14-16,19H,4-7,10-13H2,1-3H3,(H,24,26). The van der Waals surface area contributed by atoms with Gasteiger partial charge < -0.3 is 15.0 Å². The van der Waals surface area contributed by atoms with Crippen molar-refractivity contribution < 1.29 is 14.3 Å². The van der Waals surface area contributed by atoms with E-state index in [1.54, 1.807) is 24.3 Å². The number of rotatable bonds is 9. The Hall–Kier alpha value is -1.86. The van der Waals surface area contributed by atoms with E-state index in [2.05, 4.69) is 34.8 Å². The molecule has 0 radical (unpaired) electrons. The summed E-state index contributed by atoms with van der Waals surface area (Å²) in [6.45, 7) is 8.71. The summed E-state index contributed by atoms with van der Waals surface area (Å²) in [5.41, 5.74) is 2.52. The van der Waals surface area contributed by atoms with Gasteiger partial charge in [0.15, 0.2) is 0 Å². The van der Waals surface area contributed by atoms with Crippen molar-refractivity contribution in [1.82, 2.24) is 5.32 Å². The molecule has 1 saturated heterocycles. The zero-order chi connectivity index (χ0) is 21.5. The number of anilines is 1. The lowest BCUT2D eigenvalue weighted by Crippen LogP contribution is -2.34. The molecule has 0 aromatic carbocycles. The molecule has 1 amide bonds. The molecular formula is C23H32N2O3S2. The number of hydrogen-bond donors (Lipinski definition) is 1. The molecule has 7 heteroatoms. The SMILES string of the molecule is CCOC(=O)c1ccc(CC(=O)NC(CC(C)C)c2cscc2N2CCCCC2)s1. The van der Waals surface area contributed by atoms with Crippen LogP contribution in [-0.2, 0) is 16.0 Å². The van der Waals surface area contributed by atoms with Crippen LogP contribution in [0.1, 0.15) is 72.6 Å². The molecule has 3 heterocycles. The maximum atomic E-state index is 12.9. The first-order valence-electron chi connectivity index (χ1n) is 10.8. The fourth-order valence-corrected chi connectivity index (χ4v) is 5.69. The van der Waals surface area contributed by atoms with Crippen LogP contribution in [0.5, 0.6) is 0 Å². The molecule has 1 aliphatic rings. The second kappa shape index (κ2) is 11.0. The number of nitrogens with one attached hydrogen (secondary N) is 1. The summed E-state index contributed by atoms with van der Waals surface area (Å²) in [6, 6.07) is 3.59. The summed E-state index contributed by atoms with van der Waals surface area (Å²) < 4.78 is 5.04. The fourth-order valence-electron chi connectivity index (χ4n) is 3.88. The van der Waals surface area contributed by atoms with Crippen LogP contribution in [0.25, 0.3) is 0 Å². The van der Waals surface area contributed by atoms with Gasteiger partial charge in [-0.15, -0.1) is 22.7 Å². The van der Waals surface area contributed by atoms with Crippen LogP contribution < -0.4 is 10.2 Å². The zero-order valence-corrected chi connectivity index (χ0v) is 19.7.